The maximum atomic E-state index is 11.2. The smallest absolute Gasteiger partial charge is 0.320 e. The molecular formula is C13H25NO2. The maximum absolute atomic E-state index is 11.2. The molecule has 3 heteroatoms. The van der Waals surface area contributed by atoms with Crippen LogP contribution in [0.4, 0.5) is 0 Å². The molecule has 0 radical (unpaired) electrons. The lowest BCUT2D eigenvalue weighted by Gasteiger charge is -2.25. The summed E-state index contributed by atoms with van der Waals surface area (Å²) in [6, 6.07) is 0.0574. The molecule has 3 nitrogen and oxygen atoms in total. The monoisotopic (exact) mass is 227 g/mol. The summed E-state index contributed by atoms with van der Waals surface area (Å²) < 4.78 is 0. The molecule has 0 heterocycles. The molecule has 0 aromatic carbocycles. The molecule has 0 spiro atoms. The van der Waals surface area contributed by atoms with Crippen molar-refractivity contribution in [2.45, 2.75) is 65.0 Å². The van der Waals surface area contributed by atoms with Crippen LogP contribution in [0.5, 0.6) is 0 Å². The highest BCUT2D eigenvalue weighted by Crippen LogP contribution is 2.28. The van der Waals surface area contributed by atoms with Gasteiger partial charge < -0.3 is 10.4 Å². The summed E-state index contributed by atoms with van der Waals surface area (Å²) in [5.74, 6) is 0.402. The van der Waals surface area contributed by atoms with Crippen LogP contribution < -0.4 is 5.32 Å². The van der Waals surface area contributed by atoms with Gasteiger partial charge in [-0.15, -0.1) is 0 Å². The lowest BCUT2D eigenvalue weighted by Crippen LogP contribution is -2.45. The predicted octanol–water partition coefficient (Wildman–Crippen LogP) is 2.65. The first kappa shape index (κ1) is 13.5. The second kappa shape index (κ2) is 6.24. The zero-order chi connectivity index (χ0) is 12.1. The Morgan fingerprint density at radius 3 is 2.62 bits per heavy atom. The topological polar surface area (TPSA) is 49.3 Å². The fourth-order valence-electron chi connectivity index (χ4n) is 2.71. The Bertz CT molecular complexity index is 228. The van der Waals surface area contributed by atoms with E-state index in [9.17, 15) is 9.90 Å². The van der Waals surface area contributed by atoms with Crippen molar-refractivity contribution in [2.75, 3.05) is 0 Å². The van der Waals surface area contributed by atoms with Crippen molar-refractivity contribution in [3.63, 3.8) is 0 Å². The van der Waals surface area contributed by atoms with Gasteiger partial charge in [-0.25, -0.2) is 0 Å². The van der Waals surface area contributed by atoms with E-state index in [0.717, 1.165) is 19.3 Å². The Hall–Kier alpha value is -0.570. The van der Waals surface area contributed by atoms with Crippen LogP contribution in [-0.2, 0) is 4.79 Å². The van der Waals surface area contributed by atoms with E-state index in [0.29, 0.717) is 17.9 Å². The average molecular weight is 227 g/mol. The van der Waals surface area contributed by atoms with Crippen molar-refractivity contribution in [1.82, 2.24) is 5.32 Å². The van der Waals surface area contributed by atoms with Crippen molar-refractivity contribution in [3.8, 4) is 0 Å². The molecule has 0 amide bonds. The number of hydrogen-bond acceptors (Lipinski definition) is 2. The normalized spacial score (nSPS) is 27.2. The molecule has 0 aromatic heterocycles. The van der Waals surface area contributed by atoms with Gasteiger partial charge in [0.05, 0.1) is 0 Å². The minimum Gasteiger partial charge on any atom is -0.480 e. The van der Waals surface area contributed by atoms with Crippen molar-refractivity contribution in [3.05, 3.63) is 0 Å². The van der Waals surface area contributed by atoms with Crippen molar-refractivity contribution >= 4 is 5.97 Å². The number of carbonyl (C=O) groups is 1. The number of carboxylic acid groups (broad SMARTS) is 1. The molecule has 1 rings (SSSR count). The third-order valence-corrected chi connectivity index (χ3v) is 3.60. The van der Waals surface area contributed by atoms with Crippen LogP contribution in [0.1, 0.15) is 52.9 Å². The molecule has 3 unspecified atom stereocenters. The Morgan fingerprint density at radius 1 is 1.44 bits per heavy atom. The largest absolute Gasteiger partial charge is 0.480 e. The highest BCUT2D eigenvalue weighted by Gasteiger charge is 2.30. The van der Waals surface area contributed by atoms with Crippen molar-refractivity contribution in [1.29, 1.82) is 0 Å². The first-order valence-electron chi connectivity index (χ1n) is 6.53. The molecule has 3 atom stereocenters. The van der Waals surface area contributed by atoms with Crippen molar-refractivity contribution in [2.24, 2.45) is 11.8 Å². The number of aliphatic carboxylic acids is 1. The zero-order valence-electron chi connectivity index (χ0n) is 10.7. The van der Waals surface area contributed by atoms with Gasteiger partial charge in [-0.1, -0.05) is 33.6 Å². The van der Waals surface area contributed by atoms with Crippen molar-refractivity contribution < 1.29 is 9.90 Å². The Balaban J connectivity index is 2.50. The van der Waals surface area contributed by atoms with Crippen LogP contribution in [0.2, 0.25) is 0 Å². The van der Waals surface area contributed by atoms with Gasteiger partial charge in [0.25, 0.3) is 0 Å². The molecule has 0 bridgehead atoms. The molecule has 0 aromatic rings. The molecule has 1 saturated carbocycles. The van der Waals surface area contributed by atoms with Crippen LogP contribution in [0.3, 0.4) is 0 Å². The van der Waals surface area contributed by atoms with E-state index in [2.05, 4.69) is 26.1 Å². The fourth-order valence-corrected chi connectivity index (χ4v) is 2.71. The quantitative estimate of drug-likeness (QED) is 0.733. The van der Waals surface area contributed by atoms with E-state index < -0.39 is 5.97 Å². The van der Waals surface area contributed by atoms with Gasteiger partial charge in [0, 0.05) is 6.04 Å². The molecule has 2 N–H and O–H groups in total. The number of hydrogen-bond donors (Lipinski definition) is 2. The van der Waals surface area contributed by atoms with E-state index >= 15 is 0 Å². The SMILES string of the molecule is CCC1CCCC1NC(CC(C)C)C(=O)O. The lowest BCUT2D eigenvalue weighted by atomic mass is 9.97. The van der Waals surface area contributed by atoms with Crippen LogP contribution >= 0.6 is 0 Å². The highest BCUT2D eigenvalue weighted by molar-refractivity contribution is 5.73. The Kier molecular flexibility index (Phi) is 5.26. The number of carboxylic acids is 1. The maximum Gasteiger partial charge on any atom is 0.320 e. The Morgan fingerprint density at radius 2 is 2.12 bits per heavy atom. The van der Waals surface area contributed by atoms with Gasteiger partial charge in [-0.2, -0.15) is 0 Å². The Labute approximate surface area is 98.6 Å². The minimum atomic E-state index is -0.699. The second-order valence-electron chi connectivity index (χ2n) is 5.39. The van der Waals surface area contributed by atoms with Crippen LogP contribution in [0.25, 0.3) is 0 Å². The number of nitrogens with one attached hydrogen (secondary N) is 1. The molecule has 1 aliphatic rings. The predicted molar refractivity (Wildman–Crippen MR) is 65.4 cm³/mol. The molecule has 94 valence electrons. The molecule has 1 aliphatic carbocycles. The fraction of sp³-hybridized carbons (Fsp3) is 0.923. The summed E-state index contributed by atoms with van der Waals surface area (Å²) in [4.78, 5) is 11.2. The summed E-state index contributed by atoms with van der Waals surface area (Å²) in [6.07, 6.45) is 5.51. The van der Waals surface area contributed by atoms with Gasteiger partial charge in [-0.05, 0) is 31.1 Å². The summed E-state index contributed by atoms with van der Waals surface area (Å²) in [6.45, 7) is 6.34. The lowest BCUT2D eigenvalue weighted by molar-refractivity contribution is -0.140. The molecule has 0 saturated heterocycles. The summed E-state index contributed by atoms with van der Waals surface area (Å²) >= 11 is 0. The summed E-state index contributed by atoms with van der Waals surface area (Å²) in [5, 5.41) is 12.5. The van der Waals surface area contributed by atoms with E-state index in [1.165, 1.54) is 12.8 Å². The third-order valence-electron chi connectivity index (χ3n) is 3.60. The standard InChI is InChI=1S/C13H25NO2/c1-4-10-6-5-7-11(10)14-12(13(15)16)8-9(2)3/h9-12,14H,4-8H2,1-3H3,(H,15,16). The average Bonchev–Trinajstić information content (AvgIpc) is 2.63. The minimum absolute atomic E-state index is 0.364. The van der Waals surface area contributed by atoms with Crippen LogP contribution in [-0.4, -0.2) is 23.2 Å². The van der Waals surface area contributed by atoms with Crippen LogP contribution in [0.15, 0.2) is 0 Å². The first-order chi connectivity index (χ1) is 7.54. The van der Waals surface area contributed by atoms with E-state index in [4.69, 9.17) is 0 Å². The molecular weight excluding hydrogens is 202 g/mol. The van der Waals surface area contributed by atoms with Gasteiger partial charge in [-0.3, -0.25) is 4.79 Å². The molecule has 1 fully saturated rings. The van der Waals surface area contributed by atoms with Gasteiger partial charge in [0.15, 0.2) is 0 Å². The van der Waals surface area contributed by atoms with Gasteiger partial charge in [0.2, 0.25) is 0 Å². The number of rotatable bonds is 6. The van der Waals surface area contributed by atoms with Crippen LogP contribution in [0, 0.1) is 11.8 Å². The third kappa shape index (κ3) is 3.78. The molecule has 0 aliphatic heterocycles. The second-order valence-corrected chi connectivity index (χ2v) is 5.39. The van der Waals surface area contributed by atoms with Gasteiger partial charge in [0.1, 0.15) is 6.04 Å². The highest BCUT2D eigenvalue weighted by atomic mass is 16.4. The first-order valence-corrected chi connectivity index (χ1v) is 6.53. The van der Waals surface area contributed by atoms with E-state index in [1.807, 2.05) is 0 Å². The summed E-state index contributed by atoms with van der Waals surface area (Å²) in [5.41, 5.74) is 0. The van der Waals surface area contributed by atoms with Gasteiger partial charge >= 0.3 is 5.97 Å². The van der Waals surface area contributed by atoms with E-state index in [1.54, 1.807) is 0 Å². The van der Waals surface area contributed by atoms with E-state index in [-0.39, 0.29) is 6.04 Å². The zero-order valence-corrected chi connectivity index (χ0v) is 10.7. The summed E-state index contributed by atoms with van der Waals surface area (Å²) in [7, 11) is 0. The molecule has 16 heavy (non-hydrogen) atoms.